The Hall–Kier alpha value is -0.0900. The van der Waals surface area contributed by atoms with Crippen LogP contribution < -0.4 is 0 Å². The van der Waals surface area contributed by atoms with Gasteiger partial charge in [0, 0.05) is 0 Å². The fourth-order valence-corrected chi connectivity index (χ4v) is 3.12. The van der Waals surface area contributed by atoms with Crippen LogP contribution in [0.1, 0.15) is 32.6 Å². The summed E-state index contributed by atoms with van der Waals surface area (Å²) in [6.45, 7) is 2.02. The lowest BCUT2D eigenvalue weighted by atomic mass is 9.92. The molecule has 1 fully saturated rings. The highest BCUT2D eigenvalue weighted by Crippen LogP contribution is 2.38. The zero-order valence-corrected chi connectivity index (χ0v) is 8.49. The van der Waals surface area contributed by atoms with Crippen LogP contribution in [0.5, 0.6) is 0 Å². The second-order valence-corrected chi connectivity index (χ2v) is 5.62. The molecule has 0 amide bonds. The molecule has 0 aromatic rings. The highest BCUT2D eigenvalue weighted by atomic mass is 32.2. The first-order chi connectivity index (χ1) is 5.47. The van der Waals surface area contributed by atoms with Gasteiger partial charge in [-0.1, -0.05) is 19.8 Å². The van der Waals surface area contributed by atoms with Gasteiger partial charge in [-0.3, -0.25) is 4.18 Å². The average Bonchev–Trinajstić information content (AvgIpc) is 2.35. The van der Waals surface area contributed by atoms with Gasteiger partial charge in [0.2, 0.25) is 0 Å². The molecule has 0 aromatic carbocycles. The van der Waals surface area contributed by atoms with E-state index in [1.54, 1.807) is 0 Å². The molecule has 0 bridgehead atoms. The molecule has 72 valence electrons. The molecule has 1 aliphatic rings. The Bertz CT molecular complexity index is 237. The third kappa shape index (κ3) is 2.45. The summed E-state index contributed by atoms with van der Waals surface area (Å²) < 4.78 is 26.7. The Kier molecular flexibility index (Phi) is 2.78. The van der Waals surface area contributed by atoms with E-state index in [-0.39, 0.29) is 11.2 Å². The van der Waals surface area contributed by atoms with Crippen LogP contribution in [0, 0.1) is 5.41 Å². The standard InChI is InChI=1S/C8H16O3S/c1-8(5-3-4-6-8)7-12(9,10)11-2/h3-7H2,1-2H3. The van der Waals surface area contributed by atoms with Gasteiger partial charge < -0.3 is 0 Å². The molecule has 0 aromatic heterocycles. The van der Waals surface area contributed by atoms with Crippen LogP contribution in [0.4, 0.5) is 0 Å². The summed E-state index contributed by atoms with van der Waals surface area (Å²) in [6.07, 6.45) is 4.32. The van der Waals surface area contributed by atoms with Gasteiger partial charge in [0.15, 0.2) is 0 Å². The van der Waals surface area contributed by atoms with Gasteiger partial charge in [0.05, 0.1) is 12.9 Å². The lowest BCUT2D eigenvalue weighted by Crippen LogP contribution is -2.24. The van der Waals surface area contributed by atoms with Crippen LogP contribution in [-0.2, 0) is 14.3 Å². The van der Waals surface area contributed by atoms with Gasteiger partial charge in [-0.2, -0.15) is 8.42 Å². The first-order valence-corrected chi connectivity index (χ1v) is 5.83. The van der Waals surface area contributed by atoms with Crippen molar-refractivity contribution >= 4 is 10.1 Å². The van der Waals surface area contributed by atoms with Crippen LogP contribution in [0.2, 0.25) is 0 Å². The topological polar surface area (TPSA) is 43.4 Å². The lowest BCUT2D eigenvalue weighted by Gasteiger charge is -2.21. The SMILES string of the molecule is COS(=O)(=O)CC1(C)CCCC1. The van der Waals surface area contributed by atoms with Gasteiger partial charge in [-0.25, -0.2) is 0 Å². The van der Waals surface area contributed by atoms with E-state index in [0.717, 1.165) is 25.7 Å². The first-order valence-electron chi connectivity index (χ1n) is 4.26. The quantitative estimate of drug-likeness (QED) is 0.637. The van der Waals surface area contributed by atoms with Crippen LogP contribution in [0.3, 0.4) is 0 Å². The van der Waals surface area contributed by atoms with Gasteiger partial charge >= 0.3 is 0 Å². The molecular weight excluding hydrogens is 176 g/mol. The summed E-state index contributed by atoms with van der Waals surface area (Å²) in [7, 11) is -2.03. The molecule has 4 heteroatoms. The highest BCUT2D eigenvalue weighted by Gasteiger charge is 2.33. The highest BCUT2D eigenvalue weighted by molar-refractivity contribution is 7.86. The number of rotatable bonds is 3. The van der Waals surface area contributed by atoms with E-state index in [0.29, 0.717) is 0 Å². The minimum atomic E-state index is -3.26. The number of hydrogen-bond donors (Lipinski definition) is 0. The van der Waals surface area contributed by atoms with Crippen molar-refractivity contribution in [3.8, 4) is 0 Å². The summed E-state index contributed by atoms with van der Waals surface area (Å²) >= 11 is 0. The van der Waals surface area contributed by atoms with Crippen LogP contribution in [0.25, 0.3) is 0 Å². The second kappa shape index (κ2) is 3.34. The summed E-state index contributed by atoms with van der Waals surface area (Å²) in [4.78, 5) is 0. The molecule has 0 saturated heterocycles. The molecule has 0 aliphatic heterocycles. The third-order valence-electron chi connectivity index (χ3n) is 2.59. The first kappa shape index (κ1) is 9.99. The van der Waals surface area contributed by atoms with Crippen molar-refractivity contribution in [1.29, 1.82) is 0 Å². The number of hydrogen-bond acceptors (Lipinski definition) is 3. The minimum Gasteiger partial charge on any atom is -0.273 e. The Balaban J connectivity index is 2.61. The van der Waals surface area contributed by atoms with Crippen molar-refractivity contribution in [2.24, 2.45) is 5.41 Å². The normalized spacial score (nSPS) is 22.8. The van der Waals surface area contributed by atoms with Crippen molar-refractivity contribution in [2.75, 3.05) is 12.9 Å². The lowest BCUT2D eigenvalue weighted by molar-refractivity contribution is 0.342. The maximum Gasteiger partial charge on any atom is 0.267 e. The smallest absolute Gasteiger partial charge is 0.267 e. The molecule has 12 heavy (non-hydrogen) atoms. The van der Waals surface area contributed by atoms with Crippen molar-refractivity contribution in [3.63, 3.8) is 0 Å². The van der Waals surface area contributed by atoms with E-state index < -0.39 is 10.1 Å². The largest absolute Gasteiger partial charge is 0.273 e. The van der Waals surface area contributed by atoms with E-state index in [2.05, 4.69) is 4.18 Å². The van der Waals surface area contributed by atoms with Gasteiger partial charge in [0.1, 0.15) is 0 Å². The van der Waals surface area contributed by atoms with Crippen molar-refractivity contribution in [3.05, 3.63) is 0 Å². The Morgan fingerprint density at radius 2 is 1.83 bits per heavy atom. The summed E-state index contributed by atoms with van der Waals surface area (Å²) in [5, 5.41) is 0. The monoisotopic (exact) mass is 192 g/mol. The Morgan fingerprint density at radius 3 is 2.25 bits per heavy atom. The van der Waals surface area contributed by atoms with Crippen LogP contribution >= 0.6 is 0 Å². The fraction of sp³-hybridized carbons (Fsp3) is 1.00. The summed E-state index contributed by atoms with van der Waals surface area (Å²) in [5.41, 5.74) is -0.0329. The van der Waals surface area contributed by atoms with Crippen molar-refractivity contribution in [1.82, 2.24) is 0 Å². The van der Waals surface area contributed by atoms with E-state index in [1.807, 2.05) is 6.92 Å². The molecule has 3 nitrogen and oxygen atoms in total. The molecule has 0 heterocycles. The molecule has 0 atom stereocenters. The molecule has 1 saturated carbocycles. The van der Waals surface area contributed by atoms with Crippen LogP contribution in [-0.4, -0.2) is 21.3 Å². The van der Waals surface area contributed by atoms with E-state index in [4.69, 9.17) is 0 Å². The molecule has 0 N–H and O–H groups in total. The zero-order chi connectivity index (χ0) is 9.24. The maximum atomic E-state index is 11.1. The Labute approximate surface area is 74.2 Å². The van der Waals surface area contributed by atoms with Crippen molar-refractivity contribution in [2.45, 2.75) is 32.6 Å². The third-order valence-corrected chi connectivity index (χ3v) is 4.15. The molecule has 0 spiro atoms. The predicted octanol–water partition coefficient (Wildman–Crippen LogP) is 1.54. The van der Waals surface area contributed by atoms with Gasteiger partial charge in [-0.15, -0.1) is 0 Å². The van der Waals surface area contributed by atoms with Gasteiger partial charge in [0.25, 0.3) is 10.1 Å². The molecule has 0 unspecified atom stereocenters. The minimum absolute atomic E-state index is 0.0329. The fourth-order valence-electron chi connectivity index (χ4n) is 1.86. The second-order valence-electron chi connectivity index (χ2n) is 3.89. The summed E-state index contributed by atoms with van der Waals surface area (Å²) in [5.74, 6) is 0.177. The predicted molar refractivity (Wildman–Crippen MR) is 47.4 cm³/mol. The average molecular weight is 192 g/mol. The molecule has 1 rings (SSSR count). The molecule has 0 radical (unpaired) electrons. The van der Waals surface area contributed by atoms with E-state index in [1.165, 1.54) is 7.11 Å². The van der Waals surface area contributed by atoms with E-state index >= 15 is 0 Å². The Morgan fingerprint density at radius 1 is 1.33 bits per heavy atom. The van der Waals surface area contributed by atoms with Crippen molar-refractivity contribution < 1.29 is 12.6 Å². The van der Waals surface area contributed by atoms with E-state index in [9.17, 15) is 8.42 Å². The van der Waals surface area contributed by atoms with Gasteiger partial charge in [-0.05, 0) is 18.3 Å². The molecular formula is C8H16O3S. The summed E-state index contributed by atoms with van der Waals surface area (Å²) in [6, 6.07) is 0. The zero-order valence-electron chi connectivity index (χ0n) is 7.67. The molecule has 1 aliphatic carbocycles. The van der Waals surface area contributed by atoms with Crippen LogP contribution in [0.15, 0.2) is 0 Å². The maximum absolute atomic E-state index is 11.1.